The maximum absolute atomic E-state index is 12.6. The summed E-state index contributed by atoms with van der Waals surface area (Å²) in [4.78, 5) is 15.5. The van der Waals surface area contributed by atoms with Crippen molar-refractivity contribution in [3.05, 3.63) is 59.8 Å². The van der Waals surface area contributed by atoms with E-state index in [1.54, 1.807) is 30.3 Å². The molecule has 1 aromatic carbocycles. The highest BCUT2D eigenvalue weighted by molar-refractivity contribution is 5.94. The topological polar surface area (TPSA) is 51.2 Å². The van der Waals surface area contributed by atoms with Gasteiger partial charge in [-0.1, -0.05) is 36.4 Å². The van der Waals surface area contributed by atoms with Crippen molar-refractivity contribution in [2.24, 2.45) is 0 Å². The lowest BCUT2D eigenvalue weighted by Crippen LogP contribution is -2.23. The third kappa shape index (κ3) is 3.82. The molecule has 0 saturated carbocycles. The van der Waals surface area contributed by atoms with E-state index in [1.807, 2.05) is 0 Å². The van der Waals surface area contributed by atoms with Crippen LogP contribution in [0.2, 0.25) is 0 Å². The van der Waals surface area contributed by atoms with E-state index in [-0.39, 0.29) is 5.82 Å². The normalized spacial score (nSPS) is 12.7. The molecule has 0 aliphatic carbocycles. The van der Waals surface area contributed by atoms with Gasteiger partial charge in [0, 0.05) is 7.11 Å². The molecule has 2 rings (SSSR count). The SMILES string of the molecule is COC(C(=O)Nc1cccc(C(F)(F)F)n1)c1ccccc1. The van der Waals surface area contributed by atoms with Gasteiger partial charge in [0.2, 0.25) is 0 Å². The summed E-state index contributed by atoms with van der Waals surface area (Å²) in [5, 5.41) is 2.33. The number of amides is 1. The fraction of sp³-hybridized carbons (Fsp3) is 0.200. The van der Waals surface area contributed by atoms with E-state index in [1.165, 1.54) is 19.2 Å². The number of hydrogen-bond acceptors (Lipinski definition) is 3. The Morgan fingerprint density at radius 3 is 2.41 bits per heavy atom. The number of nitrogens with zero attached hydrogens (tertiary/aromatic N) is 1. The van der Waals surface area contributed by atoms with Gasteiger partial charge in [-0.15, -0.1) is 0 Å². The van der Waals surface area contributed by atoms with Crippen molar-refractivity contribution in [2.45, 2.75) is 12.3 Å². The minimum atomic E-state index is -4.57. The van der Waals surface area contributed by atoms with Gasteiger partial charge in [-0.3, -0.25) is 4.79 Å². The molecule has 7 heteroatoms. The van der Waals surface area contributed by atoms with Crippen molar-refractivity contribution in [2.75, 3.05) is 12.4 Å². The molecule has 1 unspecified atom stereocenters. The molecule has 0 aliphatic heterocycles. The first-order valence-corrected chi connectivity index (χ1v) is 6.34. The number of nitrogens with one attached hydrogen (secondary N) is 1. The van der Waals surface area contributed by atoms with Gasteiger partial charge in [0.25, 0.3) is 5.91 Å². The standard InChI is InChI=1S/C15H13F3N2O2/c1-22-13(10-6-3-2-4-7-10)14(21)20-12-9-5-8-11(19-12)15(16,17)18/h2-9,13H,1H3,(H,19,20,21). The van der Waals surface area contributed by atoms with Gasteiger partial charge in [-0.05, 0) is 17.7 Å². The van der Waals surface area contributed by atoms with Crippen LogP contribution in [0.5, 0.6) is 0 Å². The van der Waals surface area contributed by atoms with Crippen LogP contribution in [-0.4, -0.2) is 18.0 Å². The molecule has 0 saturated heterocycles. The van der Waals surface area contributed by atoms with Crippen molar-refractivity contribution >= 4 is 11.7 Å². The van der Waals surface area contributed by atoms with E-state index >= 15 is 0 Å². The Morgan fingerprint density at radius 2 is 1.82 bits per heavy atom. The lowest BCUT2D eigenvalue weighted by Gasteiger charge is -2.15. The number of carbonyl (C=O) groups excluding carboxylic acids is 1. The summed E-state index contributed by atoms with van der Waals surface area (Å²) in [7, 11) is 1.34. The van der Waals surface area contributed by atoms with Crippen LogP contribution >= 0.6 is 0 Å². The summed E-state index contributed by atoms with van der Waals surface area (Å²) in [6.07, 6.45) is -5.50. The Morgan fingerprint density at radius 1 is 1.14 bits per heavy atom. The Balaban J connectivity index is 2.18. The first kappa shape index (κ1) is 16.0. The van der Waals surface area contributed by atoms with Crippen LogP contribution in [0.15, 0.2) is 48.5 Å². The number of anilines is 1. The summed E-state index contributed by atoms with van der Waals surface area (Å²) < 4.78 is 42.9. The molecule has 4 nitrogen and oxygen atoms in total. The smallest absolute Gasteiger partial charge is 0.367 e. The van der Waals surface area contributed by atoms with E-state index < -0.39 is 23.9 Å². The average Bonchev–Trinajstić information content (AvgIpc) is 2.48. The lowest BCUT2D eigenvalue weighted by atomic mass is 10.1. The number of hydrogen-bond donors (Lipinski definition) is 1. The molecular formula is C15H13F3N2O2. The second kappa shape index (κ2) is 6.57. The lowest BCUT2D eigenvalue weighted by molar-refractivity contribution is -0.141. The zero-order chi connectivity index (χ0) is 16.2. The number of carbonyl (C=O) groups is 1. The summed E-state index contributed by atoms with van der Waals surface area (Å²) in [5.41, 5.74) is -0.478. The molecule has 1 amide bonds. The molecule has 1 atom stereocenters. The van der Waals surface area contributed by atoms with E-state index in [9.17, 15) is 18.0 Å². The van der Waals surface area contributed by atoms with Crippen LogP contribution < -0.4 is 5.32 Å². The van der Waals surface area contributed by atoms with E-state index in [2.05, 4.69) is 10.3 Å². The third-order valence-corrected chi connectivity index (χ3v) is 2.87. The minimum absolute atomic E-state index is 0.183. The molecule has 0 fully saturated rings. The molecule has 0 aliphatic rings. The van der Waals surface area contributed by atoms with Gasteiger partial charge in [-0.25, -0.2) is 4.98 Å². The molecule has 1 aromatic heterocycles. The Labute approximate surface area is 124 Å². The zero-order valence-electron chi connectivity index (χ0n) is 11.6. The van der Waals surface area contributed by atoms with E-state index in [4.69, 9.17) is 4.74 Å². The van der Waals surface area contributed by atoms with E-state index in [0.717, 1.165) is 6.07 Å². The van der Waals surface area contributed by atoms with Crippen molar-refractivity contribution < 1.29 is 22.7 Å². The molecule has 116 valence electrons. The van der Waals surface area contributed by atoms with Gasteiger partial charge >= 0.3 is 6.18 Å². The average molecular weight is 310 g/mol. The maximum Gasteiger partial charge on any atom is 0.433 e. The zero-order valence-corrected chi connectivity index (χ0v) is 11.6. The van der Waals surface area contributed by atoms with Gasteiger partial charge in [0.1, 0.15) is 11.5 Å². The van der Waals surface area contributed by atoms with Gasteiger partial charge in [0.15, 0.2) is 6.10 Å². The largest absolute Gasteiger partial charge is 0.433 e. The Bertz CT molecular complexity index is 645. The molecule has 2 aromatic rings. The minimum Gasteiger partial charge on any atom is -0.367 e. The van der Waals surface area contributed by atoms with Gasteiger partial charge in [-0.2, -0.15) is 13.2 Å². The van der Waals surface area contributed by atoms with E-state index in [0.29, 0.717) is 5.56 Å². The number of methoxy groups -OCH3 is 1. The molecule has 1 N–H and O–H groups in total. The van der Waals surface area contributed by atoms with Crippen LogP contribution in [0.25, 0.3) is 0 Å². The quantitative estimate of drug-likeness (QED) is 0.941. The number of rotatable bonds is 4. The molecular weight excluding hydrogens is 297 g/mol. The highest BCUT2D eigenvalue weighted by atomic mass is 19.4. The Hall–Kier alpha value is -2.41. The van der Waals surface area contributed by atoms with Crippen LogP contribution in [0.3, 0.4) is 0 Å². The monoisotopic (exact) mass is 310 g/mol. The second-order valence-corrected chi connectivity index (χ2v) is 4.42. The van der Waals surface area contributed by atoms with Crippen molar-refractivity contribution in [3.8, 4) is 0 Å². The predicted octanol–water partition coefficient (Wildman–Crippen LogP) is 3.43. The summed E-state index contributed by atoms with van der Waals surface area (Å²) in [6.45, 7) is 0. The number of ether oxygens (including phenoxy) is 1. The van der Waals surface area contributed by atoms with Gasteiger partial charge in [0.05, 0.1) is 0 Å². The highest BCUT2D eigenvalue weighted by Gasteiger charge is 2.32. The van der Waals surface area contributed by atoms with Crippen molar-refractivity contribution in [3.63, 3.8) is 0 Å². The van der Waals surface area contributed by atoms with Crippen LogP contribution in [0, 0.1) is 0 Å². The predicted molar refractivity (Wildman–Crippen MR) is 74.1 cm³/mol. The first-order chi connectivity index (χ1) is 10.4. The molecule has 22 heavy (non-hydrogen) atoms. The molecule has 0 bridgehead atoms. The maximum atomic E-state index is 12.6. The van der Waals surface area contributed by atoms with Crippen LogP contribution in [-0.2, 0) is 15.7 Å². The van der Waals surface area contributed by atoms with Gasteiger partial charge < -0.3 is 10.1 Å². The Kier molecular flexibility index (Phi) is 4.77. The van der Waals surface area contributed by atoms with Crippen LogP contribution in [0.4, 0.5) is 19.0 Å². The number of aromatic nitrogens is 1. The first-order valence-electron chi connectivity index (χ1n) is 6.34. The highest BCUT2D eigenvalue weighted by Crippen LogP contribution is 2.28. The number of alkyl halides is 3. The number of halogens is 3. The summed E-state index contributed by atoms with van der Waals surface area (Å²) >= 11 is 0. The number of benzene rings is 1. The summed E-state index contributed by atoms with van der Waals surface area (Å²) in [6, 6.07) is 11.9. The van der Waals surface area contributed by atoms with Crippen LogP contribution in [0.1, 0.15) is 17.4 Å². The molecule has 1 heterocycles. The third-order valence-electron chi connectivity index (χ3n) is 2.87. The second-order valence-electron chi connectivity index (χ2n) is 4.42. The number of pyridine rings is 1. The fourth-order valence-corrected chi connectivity index (χ4v) is 1.88. The van der Waals surface area contributed by atoms with Crippen molar-refractivity contribution in [1.82, 2.24) is 4.98 Å². The van der Waals surface area contributed by atoms with Crippen molar-refractivity contribution in [1.29, 1.82) is 0 Å². The summed E-state index contributed by atoms with van der Waals surface area (Å²) in [5.74, 6) is -0.779. The molecule has 0 spiro atoms. The molecule has 0 radical (unpaired) electrons. The fourth-order valence-electron chi connectivity index (χ4n) is 1.88.